The number of hydrogen-bond acceptors (Lipinski definition) is 5. The van der Waals surface area contributed by atoms with Crippen molar-refractivity contribution in [1.29, 1.82) is 0 Å². The molecule has 3 rings (SSSR count). The number of urea groups is 1. The summed E-state index contributed by atoms with van der Waals surface area (Å²) in [6, 6.07) is 9.73. The van der Waals surface area contributed by atoms with Crippen LogP contribution in [0.3, 0.4) is 0 Å². The number of carbonyl (C=O) groups is 3. The normalized spacial score (nSPS) is 15.5. The lowest BCUT2D eigenvalue weighted by molar-refractivity contribution is -0.122. The van der Waals surface area contributed by atoms with Crippen LogP contribution in [0.1, 0.15) is 37.5 Å². The number of anilines is 1. The average molecular weight is 422 g/mol. The van der Waals surface area contributed by atoms with Gasteiger partial charge in [0.05, 0.1) is 18.4 Å². The number of nitrogens with one attached hydrogen (secondary N) is 1. The smallest absolute Gasteiger partial charge is 0.335 e. The van der Waals surface area contributed by atoms with Gasteiger partial charge >= 0.3 is 6.03 Å². The summed E-state index contributed by atoms with van der Waals surface area (Å²) in [6.07, 6.45) is 1.41. The van der Waals surface area contributed by atoms with E-state index in [1.165, 1.54) is 6.08 Å². The van der Waals surface area contributed by atoms with Gasteiger partial charge in [-0.1, -0.05) is 18.2 Å². The molecule has 0 saturated carbocycles. The highest BCUT2D eigenvalue weighted by molar-refractivity contribution is 6.39. The SMILES string of the molecule is CCOc1cc(/C=C2\C(=O)NC(=O)N(c3cccc(C)c3C)C2=O)ccc1OC(C)C. The lowest BCUT2D eigenvalue weighted by atomic mass is 10.0. The monoisotopic (exact) mass is 422 g/mol. The minimum Gasteiger partial charge on any atom is -0.490 e. The molecular weight excluding hydrogens is 396 g/mol. The Morgan fingerprint density at radius 1 is 1.06 bits per heavy atom. The number of amides is 4. The van der Waals surface area contributed by atoms with Gasteiger partial charge in [0.2, 0.25) is 0 Å². The Balaban J connectivity index is 2.02. The maximum atomic E-state index is 13.2. The molecule has 0 spiro atoms. The molecule has 7 nitrogen and oxygen atoms in total. The molecule has 0 bridgehead atoms. The number of barbiturate groups is 1. The molecule has 31 heavy (non-hydrogen) atoms. The van der Waals surface area contributed by atoms with Crippen molar-refractivity contribution in [2.24, 2.45) is 0 Å². The summed E-state index contributed by atoms with van der Waals surface area (Å²) in [5.74, 6) is -0.331. The van der Waals surface area contributed by atoms with E-state index in [2.05, 4.69) is 5.32 Å². The van der Waals surface area contributed by atoms with E-state index in [-0.39, 0.29) is 11.7 Å². The maximum Gasteiger partial charge on any atom is 0.335 e. The van der Waals surface area contributed by atoms with Crippen molar-refractivity contribution in [2.45, 2.75) is 40.7 Å². The number of benzene rings is 2. The number of carbonyl (C=O) groups excluding carboxylic acids is 3. The Bertz CT molecular complexity index is 1070. The molecule has 2 aromatic rings. The summed E-state index contributed by atoms with van der Waals surface area (Å²) in [5.41, 5.74) is 2.60. The van der Waals surface area contributed by atoms with Crippen molar-refractivity contribution in [3.63, 3.8) is 0 Å². The van der Waals surface area contributed by atoms with Crippen LogP contribution in [0.15, 0.2) is 42.0 Å². The topological polar surface area (TPSA) is 84.9 Å². The van der Waals surface area contributed by atoms with E-state index < -0.39 is 17.8 Å². The molecule has 1 N–H and O–H groups in total. The number of aryl methyl sites for hydroxylation is 1. The van der Waals surface area contributed by atoms with E-state index in [0.29, 0.717) is 29.4 Å². The van der Waals surface area contributed by atoms with E-state index in [0.717, 1.165) is 16.0 Å². The van der Waals surface area contributed by atoms with Gasteiger partial charge in [0.1, 0.15) is 5.57 Å². The minimum absolute atomic E-state index is 0.0359. The quantitative estimate of drug-likeness (QED) is 0.558. The maximum absolute atomic E-state index is 13.2. The van der Waals surface area contributed by atoms with Gasteiger partial charge in [-0.3, -0.25) is 14.9 Å². The largest absolute Gasteiger partial charge is 0.490 e. The molecule has 162 valence electrons. The van der Waals surface area contributed by atoms with Crippen LogP contribution in [-0.2, 0) is 9.59 Å². The molecule has 1 aliphatic rings. The average Bonchev–Trinajstić information content (AvgIpc) is 2.70. The Kier molecular flexibility index (Phi) is 6.44. The van der Waals surface area contributed by atoms with Gasteiger partial charge in [-0.05, 0) is 75.6 Å². The highest BCUT2D eigenvalue weighted by Crippen LogP contribution is 2.31. The Labute approximate surface area is 181 Å². The lowest BCUT2D eigenvalue weighted by Gasteiger charge is -2.28. The van der Waals surface area contributed by atoms with Crippen LogP contribution in [0.2, 0.25) is 0 Å². The van der Waals surface area contributed by atoms with Crippen LogP contribution < -0.4 is 19.7 Å². The third-order valence-electron chi connectivity index (χ3n) is 4.86. The fourth-order valence-electron chi connectivity index (χ4n) is 3.25. The highest BCUT2D eigenvalue weighted by Gasteiger charge is 2.37. The van der Waals surface area contributed by atoms with Gasteiger partial charge in [-0.25, -0.2) is 9.69 Å². The van der Waals surface area contributed by atoms with E-state index in [1.54, 1.807) is 30.3 Å². The second-order valence-electron chi connectivity index (χ2n) is 7.48. The van der Waals surface area contributed by atoms with Crippen LogP contribution >= 0.6 is 0 Å². The van der Waals surface area contributed by atoms with Gasteiger partial charge in [-0.2, -0.15) is 0 Å². The summed E-state index contributed by atoms with van der Waals surface area (Å²) in [5, 5.41) is 2.26. The number of ether oxygens (including phenoxy) is 2. The van der Waals surface area contributed by atoms with Crippen molar-refractivity contribution in [3.8, 4) is 11.5 Å². The zero-order chi connectivity index (χ0) is 22.7. The van der Waals surface area contributed by atoms with Gasteiger partial charge < -0.3 is 9.47 Å². The third-order valence-corrected chi connectivity index (χ3v) is 4.86. The zero-order valence-corrected chi connectivity index (χ0v) is 18.3. The second kappa shape index (κ2) is 9.04. The predicted molar refractivity (Wildman–Crippen MR) is 118 cm³/mol. The molecule has 0 unspecified atom stereocenters. The molecule has 1 aliphatic heterocycles. The predicted octanol–water partition coefficient (Wildman–Crippen LogP) is 4.16. The second-order valence-corrected chi connectivity index (χ2v) is 7.48. The molecule has 7 heteroatoms. The summed E-state index contributed by atoms with van der Waals surface area (Å²) in [6.45, 7) is 9.83. The van der Waals surface area contributed by atoms with Crippen molar-refractivity contribution in [1.82, 2.24) is 5.32 Å². The first-order valence-corrected chi connectivity index (χ1v) is 10.1. The van der Waals surface area contributed by atoms with E-state index >= 15 is 0 Å². The van der Waals surface area contributed by atoms with Crippen LogP contribution in [0.25, 0.3) is 6.08 Å². The first-order valence-electron chi connectivity index (χ1n) is 10.1. The van der Waals surface area contributed by atoms with Gasteiger partial charge in [0.25, 0.3) is 11.8 Å². The van der Waals surface area contributed by atoms with Gasteiger partial charge in [0.15, 0.2) is 11.5 Å². The zero-order valence-electron chi connectivity index (χ0n) is 18.3. The molecule has 0 radical (unpaired) electrons. The standard InChI is InChI=1S/C24H26N2O5/c1-6-30-21-13-17(10-11-20(21)31-14(2)3)12-18-22(27)25-24(29)26(23(18)28)19-9-7-8-15(4)16(19)5/h7-14H,6H2,1-5H3,(H,25,27,29)/b18-12+. The van der Waals surface area contributed by atoms with E-state index in [1.807, 2.05) is 40.7 Å². The number of nitrogens with zero attached hydrogens (tertiary/aromatic N) is 1. The fraction of sp³-hybridized carbons (Fsp3) is 0.292. The molecule has 1 heterocycles. The Hall–Kier alpha value is -3.61. The van der Waals surface area contributed by atoms with Crippen LogP contribution in [0.4, 0.5) is 10.5 Å². The number of rotatable bonds is 6. The molecule has 4 amide bonds. The first-order chi connectivity index (χ1) is 14.7. The van der Waals surface area contributed by atoms with Crippen molar-refractivity contribution >= 4 is 29.6 Å². The van der Waals surface area contributed by atoms with E-state index in [4.69, 9.17) is 9.47 Å². The lowest BCUT2D eigenvalue weighted by Crippen LogP contribution is -2.54. The summed E-state index contributed by atoms with van der Waals surface area (Å²) in [4.78, 5) is 39.1. The van der Waals surface area contributed by atoms with Gasteiger partial charge in [-0.15, -0.1) is 0 Å². The van der Waals surface area contributed by atoms with Crippen molar-refractivity contribution in [3.05, 3.63) is 58.7 Å². The molecule has 0 atom stereocenters. The molecule has 0 aliphatic carbocycles. The number of hydrogen-bond donors (Lipinski definition) is 1. The Morgan fingerprint density at radius 2 is 1.81 bits per heavy atom. The van der Waals surface area contributed by atoms with Crippen molar-refractivity contribution < 1.29 is 23.9 Å². The van der Waals surface area contributed by atoms with Crippen LogP contribution in [-0.4, -0.2) is 30.6 Å². The molecule has 0 aromatic heterocycles. The summed E-state index contributed by atoms with van der Waals surface area (Å²) in [7, 11) is 0. The minimum atomic E-state index is -0.767. The van der Waals surface area contributed by atoms with Gasteiger partial charge in [0, 0.05) is 0 Å². The molecular formula is C24H26N2O5. The highest BCUT2D eigenvalue weighted by atomic mass is 16.5. The van der Waals surface area contributed by atoms with Crippen LogP contribution in [0.5, 0.6) is 11.5 Å². The fourth-order valence-corrected chi connectivity index (χ4v) is 3.25. The van der Waals surface area contributed by atoms with Crippen molar-refractivity contribution in [2.75, 3.05) is 11.5 Å². The number of imide groups is 2. The molecule has 1 saturated heterocycles. The third kappa shape index (κ3) is 4.60. The van der Waals surface area contributed by atoms with Crippen LogP contribution in [0, 0.1) is 13.8 Å². The summed E-state index contributed by atoms with van der Waals surface area (Å²) >= 11 is 0. The Morgan fingerprint density at radius 3 is 2.48 bits per heavy atom. The summed E-state index contributed by atoms with van der Waals surface area (Å²) < 4.78 is 11.4. The first kappa shape index (κ1) is 22.1. The van der Waals surface area contributed by atoms with E-state index in [9.17, 15) is 14.4 Å². The molecule has 1 fully saturated rings. The molecule has 2 aromatic carbocycles.